The van der Waals surface area contributed by atoms with E-state index in [2.05, 4.69) is 16.9 Å². The van der Waals surface area contributed by atoms with E-state index in [1.165, 1.54) is 0 Å². The molecule has 4 aromatic rings. The normalized spacial score (nSPS) is 16.8. The predicted molar refractivity (Wildman–Crippen MR) is 167 cm³/mol. The summed E-state index contributed by atoms with van der Waals surface area (Å²) in [6, 6.07) is 15.1. The van der Waals surface area contributed by atoms with E-state index in [0.29, 0.717) is 35.4 Å². The Hall–Kier alpha value is -4.22. The summed E-state index contributed by atoms with van der Waals surface area (Å²) in [5.41, 5.74) is 2.61. The maximum absolute atomic E-state index is 8.36. The van der Waals surface area contributed by atoms with Crippen molar-refractivity contribution in [2.45, 2.75) is 43.4 Å². The summed E-state index contributed by atoms with van der Waals surface area (Å²) in [6.07, 6.45) is 9.10. The smallest absolute Gasteiger partial charge is 0.291 e. The highest BCUT2D eigenvalue weighted by atomic mass is 35.5. The second kappa shape index (κ2) is 18.1. The largest absolute Gasteiger partial charge is 0.491 e. The number of thioether (sulfide) groups is 1. The SMILES string of the molecule is CCCCSc1nccc(-c2ccc(OC[C@@H]3CO[C@@](Cn4ccnc4)(c4ccc(Cl)cc4Cl)O3)cc2)n1.O=[N+]([O-])O.O=[N+]([O-])O. The molecule has 46 heavy (non-hydrogen) atoms. The van der Waals surface area contributed by atoms with Crippen LogP contribution in [0.4, 0.5) is 0 Å². The Kier molecular flexibility index (Phi) is 14.2. The molecule has 2 aromatic heterocycles. The molecular weight excluding hydrogens is 667 g/mol. The van der Waals surface area contributed by atoms with E-state index in [4.69, 9.17) is 73.0 Å². The summed E-state index contributed by atoms with van der Waals surface area (Å²) < 4.78 is 20.7. The van der Waals surface area contributed by atoms with Gasteiger partial charge in [0.05, 0.1) is 30.2 Å². The van der Waals surface area contributed by atoms with Crippen molar-refractivity contribution in [2.24, 2.45) is 0 Å². The molecule has 15 nitrogen and oxygen atoms in total. The number of aromatic nitrogens is 4. The second-order valence-electron chi connectivity index (χ2n) is 9.40. The molecule has 3 heterocycles. The molecule has 2 aromatic carbocycles. The lowest BCUT2D eigenvalue weighted by Crippen LogP contribution is -2.34. The second-order valence-corrected chi connectivity index (χ2v) is 11.3. The molecule has 5 rings (SSSR count). The number of hydrogen-bond acceptors (Lipinski definition) is 11. The quantitative estimate of drug-likeness (QED) is 0.0592. The topological polar surface area (TPSA) is 198 Å². The number of rotatable bonds is 11. The minimum Gasteiger partial charge on any atom is -0.491 e. The van der Waals surface area contributed by atoms with Gasteiger partial charge < -0.3 is 29.2 Å². The third-order valence-corrected chi connectivity index (χ3v) is 7.59. The average molecular weight is 698 g/mol. The van der Waals surface area contributed by atoms with Gasteiger partial charge in [0.15, 0.2) is 5.16 Å². The zero-order valence-electron chi connectivity index (χ0n) is 24.3. The minimum absolute atomic E-state index is 0.297. The number of ether oxygens (including phenoxy) is 3. The van der Waals surface area contributed by atoms with Crippen molar-refractivity contribution in [3.05, 3.63) is 109 Å². The Morgan fingerprint density at radius 1 is 1.11 bits per heavy atom. The molecule has 2 atom stereocenters. The fourth-order valence-corrected chi connectivity index (χ4v) is 5.63. The van der Waals surface area contributed by atoms with Crippen LogP contribution in [-0.2, 0) is 21.8 Å². The van der Waals surface area contributed by atoms with Crippen LogP contribution in [0.25, 0.3) is 11.3 Å². The zero-order chi connectivity index (χ0) is 33.5. The standard InChI is InChI=1S/C28H28Cl2N4O3S.2HNO3/c1-2-3-14-38-27-32-11-10-26(33-27)20-4-7-22(8-5-20)35-16-23-17-36-28(37-23,18-34-13-12-31-19-34)24-9-6-21(29)15-25(24)30;2*2-1(3)4/h4-13,15,19,23H,2-3,14,16-18H2,1H3;2*(H,2,3,4)/t23-,28-;;/m1../s1. The van der Waals surface area contributed by atoms with Crippen LogP contribution in [-0.4, -0.2) is 65.2 Å². The van der Waals surface area contributed by atoms with Crippen LogP contribution in [0, 0.1) is 20.2 Å². The van der Waals surface area contributed by atoms with Gasteiger partial charge in [0.1, 0.15) is 18.5 Å². The van der Waals surface area contributed by atoms with Crippen molar-refractivity contribution in [2.75, 3.05) is 19.0 Å². The van der Waals surface area contributed by atoms with Crippen LogP contribution in [0.5, 0.6) is 5.75 Å². The summed E-state index contributed by atoms with van der Waals surface area (Å²) in [5.74, 6) is 0.675. The molecule has 18 heteroatoms. The van der Waals surface area contributed by atoms with E-state index >= 15 is 0 Å². The van der Waals surface area contributed by atoms with E-state index in [-0.39, 0.29) is 6.10 Å². The summed E-state index contributed by atoms with van der Waals surface area (Å²) in [4.78, 5) is 29.9. The molecule has 1 saturated heterocycles. The number of hydrogen-bond donors (Lipinski definition) is 2. The van der Waals surface area contributed by atoms with Gasteiger partial charge in [-0.3, -0.25) is 0 Å². The summed E-state index contributed by atoms with van der Waals surface area (Å²) >= 11 is 14.4. The predicted octanol–water partition coefficient (Wildman–Crippen LogP) is 6.19. The molecule has 2 N–H and O–H groups in total. The molecule has 1 aliphatic rings. The van der Waals surface area contributed by atoms with E-state index in [9.17, 15) is 0 Å². The number of benzene rings is 2. The number of halogens is 2. The maximum Gasteiger partial charge on any atom is 0.291 e. The molecule has 1 fully saturated rings. The maximum atomic E-state index is 8.36. The Morgan fingerprint density at radius 2 is 1.83 bits per heavy atom. The van der Waals surface area contributed by atoms with Gasteiger partial charge in [0.25, 0.3) is 10.2 Å². The molecule has 0 aliphatic carbocycles. The monoisotopic (exact) mass is 696 g/mol. The van der Waals surface area contributed by atoms with E-state index in [0.717, 1.165) is 40.8 Å². The van der Waals surface area contributed by atoms with Crippen molar-refractivity contribution in [1.29, 1.82) is 0 Å². The lowest BCUT2D eigenvalue weighted by molar-refractivity contribution is -0.742. The first-order valence-electron chi connectivity index (χ1n) is 13.6. The van der Waals surface area contributed by atoms with Crippen LogP contribution < -0.4 is 4.74 Å². The van der Waals surface area contributed by atoms with Crippen LogP contribution in [0.15, 0.2) is 78.6 Å². The first-order valence-corrected chi connectivity index (χ1v) is 15.3. The molecule has 246 valence electrons. The lowest BCUT2D eigenvalue weighted by Gasteiger charge is -2.30. The van der Waals surface area contributed by atoms with E-state index in [1.807, 2.05) is 47.2 Å². The number of unbranched alkanes of at least 4 members (excludes halogenated alkanes) is 1. The molecule has 0 radical (unpaired) electrons. The van der Waals surface area contributed by atoms with E-state index in [1.54, 1.807) is 42.6 Å². The minimum atomic E-state index is -1.50. The Morgan fingerprint density at radius 3 is 2.46 bits per heavy atom. The Bertz CT molecular complexity index is 1530. The van der Waals surface area contributed by atoms with Crippen LogP contribution >= 0.6 is 35.0 Å². The Balaban J connectivity index is 0.000000647. The van der Waals surface area contributed by atoms with Crippen molar-refractivity contribution < 1.29 is 34.8 Å². The first kappa shape index (κ1) is 36.3. The third-order valence-electron chi connectivity index (χ3n) is 6.10. The number of nitrogens with zero attached hydrogens (tertiary/aromatic N) is 6. The van der Waals surface area contributed by atoms with Crippen molar-refractivity contribution in [3.63, 3.8) is 0 Å². The fourth-order valence-electron chi connectivity index (χ4n) is 4.17. The highest BCUT2D eigenvalue weighted by molar-refractivity contribution is 7.99. The van der Waals surface area contributed by atoms with Gasteiger partial charge in [0, 0.05) is 40.5 Å². The van der Waals surface area contributed by atoms with Gasteiger partial charge in [0.2, 0.25) is 5.79 Å². The summed E-state index contributed by atoms with van der Waals surface area (Å²) in [7, 11) is 0. The third kappa shape index (κ3) is 11.6. The van der Waals surface area contributed by atoms with Crippen molar-refractivity contribution in [3.8, 4) is 17.0 Å². The Labute approximate surface area is 277 Å². The summed E-state index contributed by atoms with van der Waals surface area (Å²) in [6.45, 7) is 3.24. The van der Waals surface area contributed by atoms with Crippen LogP contribution in [0.1, 0.15) is 25.3 Å². The molecule has 0 amide bonds. The van der Waals surface area contributed by atoms with Gasteiger partial charge in [-0.25, -0.2) is 15.0 Å². The van der Waals surface area contributed by atoms with E-state index < -0.39 is 16.0 Å². The van der Waals surface area contributed by atoms with Gasteiger partial charge in [-0.1, -0.05) is 54.4 Å². The molecule has 0 saturated carbocycles. The van der Waals surface area contributed by atoms with Gasteiger partial charge in [-0.15, -0.1) is 20.2 Å². The highest BCUT2D eigenvalue weighted by Crippen LogP contribution is 2.40. The van der Waals surface area contributed by atoms with Crippen LogP contribution in [0.2, 0.25) is 10.0 Å². The van der Waals surface area contributed by atoms with Gasteiger partial charge in [-0.05, 0) is 48.9 Å². The molecule has 0 unspecified atom stereocenters. The summed E-state index contributed by atoms with van der Waals surface area (Å²) in [5, 5.41) is 29.1. The van der Waals surface area contributed by atoms with Crippen LogP contribution in [0.3, 0.4) is 0 Å². The lowest BCUT2D eigenvalue weighted by atomic mass is 10.1. The molecule has 0 spiro atoms. The molecule has 1 aliphatic heterocycles. The molecule has 0 bridgehead atoms. The fraction of sp³-hybridized carbons (Fsp3) is 0.321. The number of imidazole rings is 1. The zero-order valence-corrected chi connectivity index (χ0v) is 26.7. The van der Waals surface area contributed by atoms with Gasteiger partial charge in [-0.2, -0.15) is 0 Å². The van der Waals surface area contributed by atoms with Crippen molar-refractivity contribution in [1.82, 2.24) is 19.5 Å². The van der Waals surface area contributed by atoms with Crippen molar-refractivity contribution >= 4 is 35.0 Å². The highest BCUT2D eigenvalue weighted by Gasteiger charge is 2.45. The van der Waals surface area contributed by atoms with Gasteiger partial charge >= 0.3 is 0 Å². The molecular formula is C28H30Cl2N6O9S. The average Bonchev–Trinajstić information content (AvgIpc) is 3.67. The first-order chi connectivity index (χ1) is 22.0.